The summed E-state index contributed by atoms with van der Waals surface area (Å²) in [7, 11) is 1.18. The first-order valence-electron chi connectivity index (χ1n) is 11.5. The number of aromatic hydroxyl groups is 1. The van der Waals surface area contributed by atoms with Gasteiger partial charge in [-0.25, -0.2) is 9.59 Å². The first kappa shape index (κ1) is 30.2. The molecule has 5 N–H and O–H groups in total. The van der Waals surface area contributed by atoms with E-state index in [4.69, 9.17) is 4.74 Å². The van der Waals surface area contributed by atoms with Gasteiger partial charge >= 0.3 is 12.1 Å². The molecular formula is C24H36N4O8. The molecule has 12 nitrogen and oxygen atoms in total. The van der Waals surface area contributed by atoms with E-state index in [1.807, 2.05) is 0 Å². The Morgan fingerprint density at radius 1 is 1.03 bits per heavy atom. The number of alkyl carbamates (subject to hydrolysis) is 1. The zero-order valence-corrected chi connectivity index (χ0v) is 21.5. The molecule has 0 aliphatic rings. The van der Waals surface area contributed by atoms with Crippen LogP contribution in [-0.4, -0.2) is 66.2 Å². The van der Waals surface area contributed by atoms with Crippen LogP contribution in [0.25, 0.3) is 0 Å². The number of hydrogen-bond donors (Lipinski definition) is 5. The number of phenolic OH excluding ortho intramolecular Hbond substituents is 1. The van der Waals surface area contributed by atoms with Gasteiger partial charge in [-0.3, -0.25) is 14.4 Å². The molecule has 0 radical (unpaired) electrons. The van der Waals surface area contributed by atoms with Crippen LogP contribution in [0.5, 0.6) is 5.75 Å². The van der Waals surface area contributed by atoms with Crippen LogP contribution in [0.2, 0.25) is 0 Å². The minimum absolute atomic E-state index is 0.0691. The summed E-state index contributed by atoms with van der Waals surface area (Å²) in [5.74, 6) is -2.47. The van der Waals surface area contributed by atoms with Gasteiger partial charge in [-0.05, 0) is 59.1 Å². The van der Waals surface area contributed by atoms with Crippen LogP contribution in [0.3, 0.4) is 0 Å². The average molecular weight is 509 g/mol. The van der Waals surface area contributed by atoms with Gasteiger partial charge in [0, 0.05) is 25.2 Å². The zero-order valence-electron chi connectivity index (χ0n) is 21.5. The number of carbonyl (C=O) groups is 5. The van der Waals surface area contributed by atoms with Gasteiger partial charge in [0.05, 0.1) is 7.11 Å². The molecule has 12 heteroatoms. The molecule has 0 heterocycles. The monoisotopic (exact) mass is 508 g/mol. The highest BCUT2D eigenvalue weighted by molar-refractivity contribution is 5.99. The third kappa shape index (κ3) is 11.1. The number of esters is 1. The van der Waals surface area contributed by atoms with Crippen molar-refractivity contribution >= 4 is 35.5 Å². The summed E-state index contributed by atoms with van der Waals surface area (Å²) >= 11 is 0. The lowest BCUT2D eigenvalue weighted by Crippen LogP contribution is -2.52. The molecule has 0 bridgehead atoms. The molecule has 200 valence electrons. The van der Waals surface area contributed by atoms with Crippen molar-refractivity contribution in [3.8, 4) is 5.75 Å². The Morgan fingerprint density at radius 3 is 2.25 bits per heavy atom. The lowest BCUT2D eigenvalue weighted by atomic mass is 10.1. The first-order chi connectivity index (χ1) is 16.7. The third-order valence-electron chi connectivity index (χ3n) is 4.72. The number of benzene rings is 1. The lowest BCUT2D eigenvalue weighted by molar-refractivity contribution is -0.127. The molecule has 4 amide bonds. The summed E-state index contributed by atoms with van der Waals surface area (Å²) < 4.78 is 9.72. The molecule has 1 rings (SSSR count). The topological polar surface area (TPSA) is 172 Å². The van der Waals surface area contributed by atoms with Crippen molar-refractivity contribution in [1.82, 2.24) is 16.0 Å². The quantitative estimate of drug-likeness (QED) is 0.222. The van der Waals surface area contributed by atoms with Gasteiger partial charge in [0.2, 0.25) is 17.7 Å². The van der Waals surface area contributed by atoms with Crippen molar-refractivity contribution < 1.29 is 38.6 Å². The van der Waals surface area contributed by atoms with Gasteiger partial charge < -0.3 is 35.8 Å². The Hall–Kier alpha value is -3.83. The second-order valence-corrected chi connectivity index (χ2v) is 9.12. The molecule has 0 fully saturated rings. The van der Waals surface area contributed by atoms with Crippen molar-refractivity contribution in [2.24, 2.45) is 0 Å². The maximum absolute atomic E-state index is 13.0. The van der Waals surface area contributed by atoms with Gasteiger partial charge in [-0.15, -0.1) is 0 Å². The maximum Gasteiger partial charge on any atom is 0.408 e. The highest BCUT2D eigenvalue weighted by Gasteiger charge is 2.26. The second-order valence-electron chi connectivity index (χ2n) is 9.12. The van der Waals surface area contributed by atoms with E-state index in [0.717, 1.165) is 0 Å². The van der Waals surface area contributed by atoms with Crippen LogP contribution in [0, 0.1) is 0 Å². The smallest absolute Gasteiger partial charge is 0.408 e. The van der Waals surface area contributed by atoms with Crippen LogP contribution >= 0.6 is 0 Å². The van der Waals surface area contributed by atoms with Crippen LogP contribution in [0.1, 0.15) is 64.2 Å². The van der Waals surface area contributed by atoms with Crippen LogP contribution in [-0.2, 0) is 23.9 Å². The van der Waals surface area contributed by atoms with Crippen molar-refractivity contribution in [1.29, 1.82) is 0 Å². The molecule has 0 saturated heterocycles. The molecule has 1 aromatic rings. The maximum atomic E-state index is 13.0. The minimum atomic E-state index is -0.988. The number of unbranched alkanes of at least 4 members (excludes halogenated alkanes) is 1. The first-order valence-corrected chi connectivity index (χ1v) is 11.5. The number of methoxy groups -OCH3 is 1. The van der Waals surface area contributed by atoms with E-state index in [1.54, 1.807) is 20.8 Å². The van der Waals surface area contributed by atoms with Gasteiger partial charge in [-0.1, -0.05) is 0 Å². The summed E-state index contributed by atoms with van der Waals surface area (Å²) in [6.45, 7) is 8.33. The molecule has 0 aromatic heterocycles. The van der Waals surface area contributed by atoms with Gasteiger partial charge in [-0.2, -0.15) is 0 Å². The van der Waals surface area contributed by atoms with Crippen LogP contribution in [0.15, 0.2) is 18.2 Å². The van der Waals surface area contributed by atoms with Gasteiger partial charge in [0.15, 0.2) is 0 Å². The Labute approximate surface area is 210 Å². The zero-order chi connectivity index (χ0) is 27.5. The molecule has 0 aliphatic carbocycles. The van der Waals surface area contributed by atoms with Crippen molar-refractivity contribution in [2.75, 3.05) is 19.0 Å². The Kier molecular flexibility index (Phi) is 11.7. The highest BCUT2D eigenvalue weighted by Crippen LogP contribution is 2.23. The number of hydrogen-bond acceptors (Lipinski definition) is 8. The fourth-order valence-electron chi connectivity index (χ4n) is 2.97. The fraction of sp³-hybridized carbons (Fsp3) is 0.542. The standard InChI is InChI=1S/C24H36N4O8/c1-14(26-23(34)36-24(3,4)5)20(31)28-18(9-7-8-12-25-15(2)29)21(32)27-16-10-11-17(19(30)13-16)22(33)35-6/h10-11,13-14,18,30H,7-9,12H2,1-6H3,(H,25,29)(H,26,34)(H,27,32)(H,28,31)/t14-,18-/m0/s1. The van der Waals surface area contributed by atoms with E-state index in [2.05, 4.69) is 26.0 Å². The van der Waals surface area contributed by atoms with Crippen LogP contribution in [0.4, 0.5) is 10.5 Å². The summed E-state index contributed by atoms with van der Waals surface area (Å²) in [4.78, 5) is 60.3. The molecule has 1 aromatic carbocycles. The molecular weight excluding hydrogens is 472 g/mol. The molecule has 0 aliphatic heterocycles. The molecule has 2 atom stereocenters. The number of anilines is 1. The highest BCUT2D eigenvalue weighted by atomic mass is 16.6. The van der Waals surface area contributed by atoms with E-state index < -0.39 is 41.6 Å². The fourth-order valence-corrected chi connectivity index (χ4v) is 2.97. The second kappa shape index (κ2) is 13.9. The predicted octanol–water partition coefficient (Wildman–Crippen LogP) is 1.82. The summed E-state index contributed by atoms with van der Waals surface area (Å²) in [6, 6.07) is 1.92. The Morgan fingerprint density at radius 2 is 1.69 bits per heavy atom. The van der Waals surface area contributed by atoms with E-state index >= 15 is 0 Å². The number of carbonyl (C=O) groups excluding carboxylic acids is 5. The normalized spacial score (nSPS) is 12.5. The van der Waals surface area contributed by atoms with E-state index in [-0.39, 0.29) is 29.3 Å². The Balaban J connectivity index is 2.89. The van der Waals surface area contributed by atoms with E-state index in [0.29, 0.717) is 19.4 Å². The lowest BCUT2D eigenvalue weighted by Gasteiger charge is -2.23. The molecule has 0 unspecified atom stereocenters. The Bertz CT molecular complexity index is 958. The minimum Gasteiger partial charge on any atom is -0.507 e. The summed E-state index contributed by atoms with van der Waals surface area (Å²) in [5, 5.41) is 20.4. The molecule has 0 saturated carbocycles. The summed E-state index contributed by atoms with van der Waals surface area (Å²) in [6.07, 6.45) is 0.531. The third-order valence-corrected chi connectivity index (χ3v) is 4.72. The van der Waals surface area contributed by atoms with Crippen molar-refractivity contribution in [3.63, 3.8) is 0 Å². The average Bonchev–Trinajstić information content (AvgIpc) is 2.75. The summed E-state index contributed by atoms with van der Waals surface area (Å²) in [5.41, 5.74) is -0.617. The van der Waals surface area contributed by atoms with Crippen molar-refractivity contribution in [2.45, 2.75) is 71.6 Å². The SMILES string of the molecule is COC(=O)c1ccc(NC(=O)[C@H](CCCCNC(C)=O)NC(=O)[C@H](C)NC(=O)OC(C)(C)C)cc1O. The number of amides is 4. The number of phenols is 1. The number of ether oxygens (including phenoxy) is 2. The predicted molar refractivity (Wildman–Crippen MR) is 131 cm³/mol. The van der Waals surface area contributed by atoms with E-state index in [9.17, 15) is 29.1 Å². The molecule has 36 heavy (non-hydrogen) atoms. The number of rotatable bonds is 11. The van der Waals surface area contributed by atoms with E-state index in [1.165, 1.54) is 39.2 Å². The van der Waals surface area contributed by atoms with Gasteiger partial charge in [0.1, 0.15) is 29.0 Å². The van der Waals surface area contributed by atoms with Crippen molar-refractivity contribution in [3.05, 3.63) is 23.8 Å². The van der Waals surface area contributed by atoms with Gasteiger partial charge in [0.25, 0.3) is 0 Å². The number of nitrogens with one attached hydrogen (secondary N) is 4. The molecule has 0 spiro atoms. The van der Waals surface area contributed by atoms with Crippen LogP contribution < -0.4 is 21.3 Å². The largest absolute Gasteiger partial charge is 0.507 e.